The van der Waals surface area contributed by atoms with Gasteiger partial charge in [-0.05, 0) is 37.1 Å². The molecule has 1 saturated heterocycles. The molecule has 3 rings (SSSR count). The second kappa shape index (κ2) is 6.87. The molecule has 0 spiro atoms. The van der Waals surface area contributed by atoms with Gasteiger partial charge in [0.05, 0.1) is 18.9 Å². The SMILES string of the molecule is Cn1ccc(-c2cccc(CCCN3CCOCC3)c2)n1. The van der Waals surface area contributed by atoms with Crippen molar-refractivity contribution in [1.29, 1.82) is 0 Å². The van der Waals surface area contributed by atoms with Gasteiger partial charge in [0.25, 0.3) is 0 Å². The van der Waals surface area contributed by atoms with Gasteiger partial charge in [0.1, 0.15) is 0 Å². The second-order valence-electron chi connectivity index (χ2n) is 5.63. The van der Waals surface area contributed by atoms with E-state index < -0.39 is 0 Å². The molecule has 0 aliphatic carbocycles. The van der Waals surface area contributed by atoms with E-state index in [0.717, 1.165) is 45.0 Å². The Balaban J connectivity index is 1.56. The topological polar surface area (TPSA) is 30.3 Å². The Bertz CT molecular complexity index is 573. The second-order valence-corrected chi connectivity index (χ2v) is 5.63. The van der Waals surface area contributed by atoms with E-state index in [-0.39, 0.29) is 0 Å². The van der Waals surface area contributed by atoms with E-state index in [1.165, 1.54) is 17.5 Å². The summed E-state index contributed by atoms with van der Waals surface area (Å²) in [5.41, 5.74) is 3.65. The lowest BCUT2D eigenvalue weighted by molar-refractivity contribution is 0.0375. The maximum atomic E-state index is 5.38. The molecule has 0 saturated carbocycles. The standard InChI is InChI=1S/C17H23N3O/c1-19-9-7-17(18-19)16-6-2-4-15(14-16)5-3-8-20-10-12-21-13-11-20/h2,4,6-7,9,14H,3,5,8,10-13H2,1H3. The molecular weight excluding hydrogens is 262 g/mol. The lowest BCUT2D eigenvalue weighted by Crippen LogP contribution is -2.36. The first kappa shape index (κ1) is 14.3. The van der Waals surface area contributed by atoms with Crippen molar-refractivity contribution < 1.29 is 4.74 Å². The number of hydrogen-bond acceptors (Lipinski definition) is 3. The van der Waals surface area contributed by atoms with Crippen molar-refractivity contribution in [1.82, 2.24) is 14.7 Å². The monoisotopic (exact) mass is 285 g/mol. The predicted octanol–water partition coefficient (Wildman–Crippen LogP) is 2.35. The molecular formula is C17H23N3O. The van der Waals surface area contributed by atoms with Gasteiger partial charge in [-0.3, -0.25) is 9.58 Å². The molecule has 1 fully saturated rings. The van der Waals surface area contributed by atoms with Gasteiger partial charge in [-0.2, -0.15) is 5.10 Å². The molecule has 21 heavy (non-hydrogen) atoms. The van der Waals surface area contributed by atoms with Crippen LogP contribution in [0.4, 0.5) is 0 Å². The van der Waals surface area contributed by atoms with Crippen LogP contribution in [0.1, 0.15) is 12.0 Å². The number of aryl methyl sites for hydroxylation is 2. The molecule has 112 valence electrons. The molecule has 1 aliphatic rings. The molecule has 0 N–H and O–H groups in total. The number of aromatic nitrogens is 2. The van der Waals surface area contributed by atoms with Crippen molar-refractivity contribution in [2.45, 2.75) is 12.8 Å². The Kier molecular flexibility index (Phi) is 4.68. The van der Waals surface area contributed by atoms with Crippen LogP contribution in [0, 0.1) is 0 Å². The van der Waals surface area contributed by atoms with E-state index in [0.29, 0.717) is 0 Å². The third-order valence-electron chi connectivity index (χ3n) is 3.98. The summed E-state index contributed by atoms with van der Waals surface area (Å²) < 4.78 is 7.23. The minimum absolute atomic E-state index is 0.884. The van der Waals surface area contributed by atoms with Gasteiger partial charge in [0.2, 0.25) is 0 Å². The van der Waals surface area contributed by atoms with E-state index in [2.05, 4.69) is 40.3 Å². The number of ether oxygens (including phenoxy) is 1. The van der Waals surface area contributed by atoms with Crippen LogP contribution in [-0.2, 0) is 18.2 Å². The molecule has 1 aliphatic heterocycles. The predicted molar refractivity (Wildman–Crippen MR) is 84.2 cm³/mol. The molecule has 4 nitrogen and oxygen atoms in total. The smallest absolute Gasteiger partial charge is 0.0923 e. The van der Waals surface area contributed by atoms with E-state index in [4.69, 9.17) is 4.74 Å². The van der Waals surface area contributed by atoms with Crippen molar-refractivity contribution in [3.63, 3.8) is 0 Å². The average molecular weight is 285 g/mol. The van der Waals surface area contributed by atoms with Crippen LogP contribution in [0.25, 0.3) is 11.3 Å². The lowest BCUT2D eigenvalue weighted by Gasteiger charge is -2.26. The van der Waals surface area contributed by atoms with Crippen molar-refractivity contribution in [2.24, 2.45) is 7.05 Å². The molecule has 0 atom stereocenters. The van der Waals surface area contributed by atoms with E-state index >= 15 is 0 Å². The summed E-state index contributed by atoms with van der Waals surface area (Å²) >= 11 is 0. The molecule has 2 heterocycles. The zero-order valence-corrected chi connectivity index (χ0v) is 12.7. The molecule has 1 aromatic heterocycles. The zero-order valence-electron chi connectivity index (χ0n) is 12.7. The van der Waals surface area contributed by atoms with Crippen LogP contribution in [0.5, 0.6) is 0 Å². The fourth-order valence-electron chi connectivity index (χ4n) is 2.79. The van der Waals surface area contributed by atoms with Crippen molar-refractivity contribution in [3.8, 4) is 11.3 Å². The number of morpholine rings is 1. The average Bonchev–Trinajstić information content (AvgIpc) is 2.95. The van der Waals surface area contributed by atoms with Gasteiger partial charge >= 0.3 is 0 Å². The van der Waals surface area contributed by atoms with Crippen molar-refractivity contribution in [3.05, 3.63) is 42.1 Å². The van der Waals surface area contributed by atoms with Gasteiger partial charge in [-0.25, -0.2) is 0 Å². The van der Waals surface area contributed by atoms with Gasteiger partial charge in [0, 0.05) is 31.9 Å². The van der Waals surface area contributed by atoms with Crippen LogP contribution in [0.3, 0.4) is 0 Å². The summed E-state index contributed by atoms with van der Waals surface area (Å²) in [5, 5.41) is 4.47. The van der Waals surface area contributed by atoms with Gasteiger partial charge in [-0.1, -0.05) is 18.2 Å². The summed E-state index contributed by atoms with van der Waals surface area (Å²) in [4.78, 5) is 2.49. The Morgan fingerprint density at radius 3 is 2.81 bits per heavy atom. The Hall–Kier alpha value is -1.65. The summed E-state index contributed by atoms with van der Waals surface area (Å²) in [6.45, 7) is 5.09. The summed E-state index contributed by atoms with van der Waals surface area (Å²) in [5.74, 6) is 0. The first-order valence-electron chi connectivity index (χ1n) is 7.70. The number of hydrogen-bond donors (Lipinski definition) is 0. The minimum Gasteiger partial charge on any atom is -0.379 e. The van der Waals surface area contributed by atoms with Gasteiger partial charge in [-0.15, -0.1) is 0 Å². The van der Waals surface area contributed by atoms with Crippen LogP contribution in [-0.4, -0.2) is 47.5 Å². The third-order valence-corrected chi connectivity index (χ3v) is 3.98. The number of benzene rings is 1. The maximum Gasteiger partial charge on any atom is 0.0923 e. The van der Waals surface area contributed by atoms with Crippen LogP contribution in [0.2, 0.25) is 0 Å². The number of rotatable bonds is 5. The first-order valence-corrected chi connectivity index (χ1v) is 7.70. The third kappa shape index (κ3) is 3.93. The lowest BCUT2D eigenvalue weighted by atomic mass is 10.0. The molecule has 4 heteroatoms. The highest BCUT2D eigenvalue weighted by Gasteiger charge is 2.09. The Labute approximate surface area is 126 Å². The minimum atomic E-state index is 0.884. The van der Waals surface area contributed by atoms with Crippen LogP contribution >= 0.6 is 0 Å². The zero-order chi connectivity index (χ0) is 14.5. The van der Waals surface area contributed by atoms with Gasteiger partial charge < -0.3 is 4.74 Å². The molecule has 0 unspecified atom stereocenters. The fraction of sp³-hybridized carbons (Fsp3) is 0.471. The van der Waals surface area contributed by atoms with Gasteiger partial charge in [0.15, 0.2) is 0 Å². The summed E-state index contributed by atoms with van der Waals surface area (Å²) in [6, 6.07) is 10.8. The van der Waals surface area contributed by atoms with E-state index in [1.54, 1.807) is 0 Å². The van der Waals surface area contributed by atoms with Crippen molar-refractivity contribution in [2.75, 3.05) is 32.8 Å². The molecule has 0 amide bonds. The molecule has 1 aromatic carbocycles. The molecule has 0 bridgehead atoms. The normalized spacial score (nSPS) is 16.2. The first-order chi connectivity index (χ1) is 10.3. The maximum absolute atomic E-state index is 5.38. The highest BCUT2D eigenvalue weighted by atomic mass is 16.5. The fourth-order valence-corrected chi connectivity index (χ4v) is 2.79. The Morgan fingerprint density at radius 2 is 2.05 bits per heavy atom. The highest BCUT2D eigenvalue weighted by molar-refractivity contribution is 5.59. The van der Waals surface area contributed by atoms with E-state index in [1.807, 2.05) is 17.9 Å². The summed E-state index contributed by atoms with van der Waals surface area (Å²) in [6.07, 6.45) is 4.31. The molecule has 2 aromatic rings. The molecule has 0 radical (unpaired) electrons. The van der Waals surface area contributed by atoms with Crippen LogP contribution in [0.15, 0.2) is 36.5 Å². The summed E-state index contributed by atoms with van der Waals surface area (Å²) in [7, 11) is 1.95. The number of nitrogens with zero attached hydrogens (tertiary/aromatic N) is 3. The van der Waals surface area contributed by atoms with Crippen molar-refractivity contribution >= 4 is 0 Å². The highest BCUT2D eigenvalue weighted by Crippen LogP contribution is 2.19. The largest absolute Gasteiger partial charge is 0.379 e. The quantitative estimate of drug-likeness (QED) is 0.845. The van der Waals surface area contributed by atoms with Crippen LogP contribution < -0.4 is 0 Å². The van der Waals surface area contributed by atoms with E-state index in [9.17, 15) is 0 Å². The Morgan fingerprint density at radius 1 is 1.19 bits per heavy atom.